The van der Waals surface area contributed by atoms with Crippen LogP contribution in [0.5, 0.6) is 11.9 Å². The second-order valence-electron chi connectivity index (χ2n) is 9.43. The van der Waals surface area contributed by atoms with Gasteiger partial charge in [-0.3, -0.25) is 4.90 Å². The van der Waals surface area contributed by atoms with E-state index >= 15 is 0 Å². The van der Waals surface area contributed by atoms with Crippen LogP contribution in [0.4, 0.5) is 10.1 Å². The van der Waals surface area contributed by atoms with Crippen LogP contribution >= 0.6 is 0 Å². The molecule has 7 heteroatoms. The van der Waals surface area contributed by atoms with E-state index in [1.807, 2.05) is 24.3 Å². The summed E-state index contributed by atoms with van der Waals surface area (Å²) < 4.78 is 26.6. The zero-order valence-electron chi connectivity index (χ0n) is 19.0. The van der Waals surface area contributed by atoms with Crippen LogP contribution in [0, 0.1) is 5.82 Å². The molecule has 0 N–H and O–H groups in total. The van der Waals surface area contributed by atoms with E-state index in [0.717, 1.165) is 48.4 Å². The maximum absolute atomic E-state index is 14.7. The Morgan fingerprint density at radius 1 is 1.03 bits per heavy atom. The van der Waals surface area contributed by atoms with Crippen molar-refractivity contribution in [3.8, 4) is 11.9 Å². The van der Waals surface area contributed by atoms with Crippen molar-refractivity contribution in [2.24, 2.45) is 0 Å². The van der Waals surface area contributed by atoms with Gasteiger partial charge < -0.3 is 14.4 Å². The molecular weight excluding hydrogens is 419 g/mol. The average molecular weight is 449 g/mol. The number of aromatic nitrogens is 2. The minimum Gasteiger partial charge on any atom is -0.481 e. The highest BCUT2D eigenvalue weighted by molar-refractivity contribution is 5.94. The largest absolute Gasteiger partial charge is 0.481 e. The molecule has 0 saturated carbocycles. The molecule has 0 amide bonds. The topological polar surface area (TPSA) is 50.7 Å². The number of halogens is 1. The Kier molecular flexibility index (Phi) is 5.09. The quantitative estimate of drug-likeness (QED) is 0.579. The standard InChI is InChI=1S/C26H29FN4O2/c1-32-24-19-10-15-30(22-9-3-7-18-6-2-8-20(27)23(18)22)16-21(19)28-25(29-24)33-17-26-11-4-13-31(26)14-5-12-26/h2-3,6-9H,4-5,10-17H2,1H3. The van der Waals surface area contributed by atoms with E-state index < -0.39 is 0 Å². The Labute approximate surface area is 193 Å². The monoisotopic (exact) mass is 448 g/mol. The number of fused-ring (bicyclic) bond motifs is 3. The van der Waals surface area contributed by atoms with Crippen molar-refractivity contribution in [3.05, 3.63) is 53.5 Å². The fourth-order valence-electron chi connectivity index (χ4n) is 6.01. The molecule has 6 nitrogen and oxygen atoms in total. The Hall–Kier alpha value is -2.93. The molecule has 4 heterocycles. The molecule has 0 spiro atoms. The van der Waals surface area contributed by atoms with Gasteiger partial charge in [0.15, 0.2) is 0 Å². The molecule has 6 rings (SSSR count). The van der Waals surface area contributed by atoms with Gasteiger partial charge in [0.1, 0.15) is 12.4 Å². The third-order valence-electron chi connectivity index (χ3n) is 7.65. The predicted molar refractivity (Wildman–Crippen MR) is 126 cm³/mol. The van der Waals surface area contributed by atoms with Crippen molar-refractivity contribution in [2.75, 3.05) is 38.3 Å². The van der Waals surface area contributed by atoms with Gasteiger partial charge in [-0.15, -0.1) is 0 Å². The van der Waals surface area contributed by atoms with Crippen LogP contribution in [0.2, 0.25) is 0 Å². The van der Waals surface area contributed by atoms with Gasteiger partial charge in [-0.25, -0.2) is 4.39 Å². The van der Waals surface area contributed by atoms with Crippen LogP contribution in [0.3, 0.4) is 0 Å². The highest BCUT2D eigenvalue weighted by Gasteiger charge is 2.45. The summed E-state index contributed by atoms with van der Waals surface area (Å²) in [6.45, 7) is 4.25. The molecule has 2 saturated heterocycles. The Balaban J connectivity index is 1.29. The second kappa shape index (κ2) is 8.13. The Morgan fingerprint density at radius 2 is 1.82 bits per heavy atom. The fraction of sp³-hybridized carbons (Fsp3) is 0.462. The first kappa shape index (κ1) is 20.7. The molecule has 3 aromatic rings. The van der Waals surface area contributed by atoms with Crippen LogP contribution in [0.15, 0.2) is 36.4 Å². The molecule has 0 atom stereocenters. The summed E-state index contributed by atoms with van der Waals surface area (Å²) >= 11 is 0. The van der Waals surface area contributed by atoms with Gasteiger partial charge in [-0.05, 0) is 62.7 Å². The molecule has 0 unspecified atom stereocenters. The van der Waals surface area contributed by atoms with E-state index in [1.54, 1.807) is 13.2 Å². The lowest BCUT2D eigenvalue weighted by Crippen LogP contribution is -2.43. The molecule has 3 aliphatic rings. The molecule has 0 bridgehead atoms. The van der Waals surface area contributed by atoms with Crippen LogP contribution in [0.25, 0.3) is 10.8 Å². The first-order chi connectivity index (χ1) is 16.2. The molecule has 172 valence electrons. The maximum Gasteiger partial charge on any atom is 0.320 e. The number of rotatable bonds is 5. The number of hydrogen-bond donors (Lipinski definition) is 0. The maximum atomic E-state index is 14.7. The van der Waals surface area contributed by atoms with Crippen molar-refractivity contribution in [1.29, 1.82) is 0 Å². The minimum atomic E-state index is -0.199. The Bertz CT molecular complexity index is 1190. The molecule has 33 heavy (non-hydrogen) atoms. The lowest BCUT2D eigenvalue weighted by atomic mass is 9.95. The van der Waals surface area contributed by atoms with Gasteiger partial charge in [0.25, 0.3) is 0 Å². The van der Waals surface area contributed by atoms with Gasteiger partial charge in [0, 0.05) is 23.2 Å². The van der Waals surface area contributed by atoms with Crippen LogP contribution in [-0.2, 0) is 13.0 Å². The molecular formula is C26H29FN4O2. The van der Waals surface area contributed by atoms with Crippen molar-refractivity contribution in [3.63, 3.8) is 0 Å². The van der Waals surface area contributed by atoms with E-state index in [0.29, 0.717) is 30.4 Å². The fourth-order valence-corrected chi connectivity index (χ4v) is 6.01. The van der Waals surface area contributed by atoms with Crippen LogP contribution in [-0.4, -0.2) is 53.8 Å². The first-order valence-electron chi connectivity index (χ1n) is 11.9. The van der Waals surface area contributed by atoms with Crippen LogP contribution in [0.1, 0.15) is 36.9 Å². The van der Waals surface area contributed by atoms with Crippen molar-refractivity contribution in [1.82, 2.24) is 14.9 Å². The Morgan fingerprint density at radius 3 is 2.61 bits per heavy atom. The van der Waals surface area contributed by atoms with Gasteiger partial charge in [0.2, 0.25) is 5.88 Å². The van der Waals surface area contributed by atoms with Gasteiger partial charge in [-0.1, -0.05) is 24.3 Å². The lowest BCUT2D eigenvalue weighted by Gasteiger charge is -2.33. The summed E-state index contributed by atoms with van der Waals surface area (Å²) in [6.07, 6.45) is 5.55. The van der Waals surface area contributed by atoms with Crippen molar-refractivity contribution < 1.29 is 13.9 Å². The molecule has 0 aliphatic carbocycles. The van der Waals surface area contributed by atoms with Gasteiger partial charge in [0.05, 0.1) is 24.9 Å². The summed E-state index contributed by atoms with van der Waals surface area (Å²) in [7, 11) is 1.65. The van der Waals surface area contributed by atoms with Crippen LogP contribution < -0.4 is 14.4 Å². The first-order valence-corrected chi connectivity index (χ1v) is 11.9. The summed E-state index contributed by atoms with van der Waals surface area (Å²) in [6, 6.07) is 11.5. The molecule has 1 aromatic heterocycles. The summed E-state index contributed by atoms with van der Waals surface area (Å²) in [4.78, 5) is 14.2. The van der Waals surface area contributed by atoms with E-state index in [2.05, 4.69) is 14.8 Å². The van der Waals surface area contributed by atoms with Gasteiger partial charge >= 0.3 is 6.01 Å². The number of anilines is 1. The third kappa shape index (κ3) is 3.50. The summed E-state index contributed by atoms with van der Waals surface area (Å²) in [5.74, 6) is 0.390. The average Bonchev–Trinajstić information content (AvgIpc) is 3.42. The third-order valence-corrected chi connectivity index (χ3v) is 7.65. The number of benzene rings is 2. The minimum absolute atomic E-state index is 0.138. The predicted octanol–water partition coefficient (Wildman–Crippen LogP) is 4.35. The van der Waals surface area contributed by atoms with Crippen molar-refractivity contribution in [2.45, 2.75) is 44.2 Å². The number of hydrogen-bond acceptors (Lipinski definition) is 6. The van der Waals surface area contributed by atoms with E-state index in [9.17, 15) is 4.39 Å². The zero-order chi connectivity index (χ0) is 22.4. The zero-order valence-corrected chi connectivity index (χ0v) is 19.0. The summed E-state index contributed by atoms with van der Waals surface area (Å²) in [5.41, 5.74) is 2.94. The number of nitrogens with zero attached hydrogens (tertiary/aromatic N) is 4. The number of ether oxygens (including phenoxy) is 2. The second-order valence-corrected chi connectivity index (χ2v) is 9.43. The van der Waals surface area contributed by atoms with E-state index in [1.165, 1.54) is 31.7 Å². The van der Waals surface area contributed by atoms with E-state index in [4.69, 9.17) is 14.5 Å². The molecule has 2 aromatic carbocycles. The SMILES string of the molecule is COc1nc(OCC23CCCN2CCC3)nc2c1CCN(c1cccc3cccc(F)c13)C2. The number of methoxy groups -OCH3 is 1. The molecule has 0 radical (unpaired) electrons. The molecule has 3 aliphatic heterocycles. The molecule has 2 fully saturated rings. The highest BCUT2D eigenvalue weighted by atomic mass is 19.1. The normalized spacial score (nSPS) is 19.5. The van der Waals surface area contributed by atoms with Crippen molar-refractivity contribution >= 4 is 16.5 Å². The van der Waals surface area contributed by atoms with Gasteiger partial charge in [-0.2, -0.15) is 9.97 Å². The summed E-state index contributed by atoms with van der Waals surface area (Å²) in [5, 5.41) is 1.56. The smallest absolute Gasteiger partial charge is 0.320 e. The van der Waals surface area contributed by atoms with E-state index in [-0.39, 0.29) is 11.4 Å². The lowest BCUT2D eigenvalue weighted by molar-refractivity contribution is 0.106. The highest BCUT2D eigenvalue weighted by Crippen LogP contribution is 2.39.